The Labute approximate surface area is 72.2 Å². The van der Waals surface area contributed by atoms with Crippen molar-refractivity contribution in [1.82, 2.24) is 19.0 Å². The topological polar surface area (TPSA) is 54.6 Å². The summed E-state index contributed by atoms with van der Waals surface area (Å²) in [4.78, 5) is 14.6. The zero-order valence-corrected chi connectivity index (χ0v) is 6.64. The van der Waals surface area contributed by atoms with Gasteiger partial charge in [-0.3, -0.25) is 9.20 Å². The largest absolute Gasteiger partial charge is 0.345 e. The highest BCUT2D eigenvalue weighted by Crippen LogP contribution is 1.99. The molecule has 0 spiro atoms. The summed E-state index contributed by atoms with van der Waals surface area (Å²) < 4.78 is 3.12. The van der Waals surface area contributed by atoms with Gasteiger partial charge in [-0.05, 0) is 6.07 Å². The molecule has 0 atom stereocenters. The number of hydrogen-bond donors (Lipinski definition) is 1. The maximum atomic E-state index is 11.7. The molecule has 3 heterocycles. The highest BCUT2D eigenvalue weighted by molar-refractivity contribution is 5.49. The van der Waals surface area contributed by atoms with Crippen molar-refractivity contribution in [1.29, 1.82) is 0 Å². The third-order valence-electron chi connectivity index (χ3n) is 2.07. The molecular formula is C8H6N4O. The first kappa shape index (κ1) is 6.47. The average Bonchev–Trinajstić information content (AvgIpc) is 2.71. The van der Waals surface area contributed by atoms with Gasteiger partial charge in [-0.1, -0.05) is 0 Å². The molecule has 0 aliphatic rings. The second-order valence-electron chi connectivity index (χ2n) is 2.81. The summed E-state index contributed by atoms with van der Waals surface area (Å²) in [6.07, 6.45) is 6.80. The lowest BCUT2D eigenvalue weighted by atomic mass is 10.5. The number of nitrogens with one attached hydrogen (secondary N) is 1. The lowest BCUT2D eigenvalue weighted by Crippen LogP contribution is -2.14. The summed E-state index contributed by atoms with van der Waals surface area (Å²) in [6, 6.07) is 1.70. The van der Waals surface area contributed by atoms with E-state index in [0.717, 1.165) is 5.65 Å². The summed E-state index contributed by atoms with van der Waals surface area (Å²) in [5.74, 6) is 0. The Kier molecular flexibility index (Phi) is 0.999. The molecular weight excluding hydrogens is 168 g/mol. The summed E-state index contributed by atoms with van der Waals surface area (Å²) >= 11 is 0. The molecule has 0 saturated carbocycles. The molecule has 3 rings (SSSR count). The second kappa shape index (κ2) is 2.01. The molecule has 3 aromatic heterocycles. The summed E-state index contributed by atoms with van der Waals surface area (Å²) in [6.45, 7) is 0. The van der Waals surface area contributed by atoms with E-state index in [2.05, 4.69) is 10.1 Å². The lowest BCUT2D eigenvalue weighted by molar-refractivity contribution is 0.930. The van der Waals surface area contributed by atoms with E-state index in [-0.39, 0.29) is 5.56 Å². The van der Waals surface area contributed by atoms with Crippen LogP contribution in [0.15, 0.2) is 35.6 Å². The van der Waals surface area contributed by atoms with Crippen molar-refractivity contribution in [3.8, 4) is 0 Å². The monoisotopic (exact) mass is 174 g/mol. The minimum Gasteiger partial charge on any atom is -0.345 e. The number of imidazole rings is 1. The zero-order chi connectivity index (χ0) is 8.84. The van der Waals surface area contributed by atoms with Crippen LogP contribution in [-0.2, 0) is 0 Å². The molecule has 0 fully saturated rings. The SMILES string of the molecule is O=c1c2ccnn2cc2[nH]ccn12. The summed E-state index contributed by atoms with van der Waals surface area (Å²) in [7, 11) is 0. The molecule has 64 valence electrons. The molecule has 0 aliphatic heterocycles. The van der Waals surface area contributed by atoms with Crippen molar-refractivity contribution >= 4 is 11.2 Å². The molecule has 0 amide bonds. The van der Waals surface area contributed by atoms with Gasteiger partial charge >= 0.3 is 0 Å². The van der Waals surface area contributed by atoms with Crippen LogP contribution in [0.1, 0.15) is 0 Å². The normalized spacial score (nSPS) is 11.4. The third-order valence-corrected chi connectivity index (χ3v) is 2.07. The fraction of sp³-hybridized carbons (Fsp3) is 0. The van der Waals surface area contributed by atoms with Crippen LogP contribution in [0, 0.1) is 0 Å². The van der Waals surface area contributed by atoms with E-state index in [4.69, 9.17) is 0 Å². The van der Waals surface area contributed by atoms with Gasteiger partial charge in [-0.2, -0.15) is 5.10 Å². The lowest BCUT2D eigenvalue weighted by Gasteiger charge is -1.94. The fourth-order valence-electron chi connectivity index (χ4n) is 1.45. The van der Waals surface area contributed by atoms with Gasteiger partial charge in [0.1, 0.15) is 11.2 Å². The van der Waals surface area contributed by atoms with Crippen molar-refractivity contribution < 1.29 is 0 Å². The van der Waals surface area contributed by atoms with Crippen LogP contribution in [0.25, 0.3) is 11.2 Å². The molecule has 0 saturated heterocycles. The highest BCUT2D eigenvalue weighted by Gasteiger charge is 2.03. The number of hydrogen-bond acceptors (Lipinski definition) is 2. The zero-order valence-electron chi connectivity index (χ0n) is 6.64. The Balaban J connectivity index is 2.76. The van der Waals surface area contributed by atoms with Crippen LogP contribution in [0.3, 0.4) is 0 Å². The van der Waals surface area contributed by atoms with Gasteiger partial charge in [0.05, 0.1) is 12.4 Å². The van der Waals surface area contributed by atoms with Crippen LogP contribution < -0.4 is 5.56 Å². The van der Waals surface area contributed by atoms with Crippen molar-refractivity contribution in [3.63, 3.8) is 0 Å². The average molecular weight is 174 g/mol. The molecule has 0 aromatic carbocycles. The minimum absolute atomic E-state index is 0.0590. The van der Waals surface area contributed by atoms with Gasteiger partial charge in [-0.25, -0.2) is 4.52 Å². The van der Waals surface area contributed by atoms with Gasteiger partial charge in [-0.15, -0.1) is 0 Å². The van der Waals surface area contributed by atoms with E-state index in [0.29, 0.717) is 5.52 Å². The van der Waals surface area contributed by atoms with E-state index in [1.807, 2.05) is 0 Å². The van der Waals surface area contributed by atoms with Gasteiger partial charge < -0.3 is 4.98 Å². The molecule has 1 N–H and O–H groups in total. The van der Waals surface area contributed by atoms with Crippen LogP contribution in [0.4, 0.5) is 0 Å². The first-order valence-corrected chi connectivity index (χ1v) is 3.88. The quantitative estimate of drug-likeness (QED) is 0.532. The van der Waals surface area contributed by atoms with Gasteiger partial charge in [0.25, 0.3) is 5.56 Å². The van der Waals surface area contributed by atoms with E-state index >= 15 is 0 Å². The Morgan fingerprint density at radius 1 is 1.46 bits per heavy atom. The van der Waals surface area contributed by atoms with Crippen molar-refractivity contribution in [2.75, 3.05) is 0 Å². The number of rotatable bonds is 0. The number of nitrogens with zero attached hydrogens (tertiary/aromatic N) is 3. The predicted octanol–water partition coefficient (Wildman–Crippen LogP) is 0.275. The molecule has 5 nitrogen and oxygen atoms in total. The van der Waals surface area contributed by atoms with Crippen LogP contribution in [0.2, 0.25) is 0 Å². The smallest absolute Gasteiger partial charge is 0.282 e. The molecule has 13 heavy (non-hydrogen) atoms. The van der Waals surface area contributed by atoms with E-state index in [1.54, 1.807) is 39.8 Å². The molecule has 0 radical (unpaired) electrons. The third kappa shape index (κ3) is 0.703. The first-order chi connectivity index (χ1) is 6.36. The minimum atomic E-state index is -0.0590. The highest BCUT2D eigenvalue weighted by atomic mass is 16.1. The van der Waals surface area contributed by atoms with E-state index in [1.165, 1.54) is 0 Å². The second-order valence-corrected chi connectivity index (χ2v) is 2.81. The Morgan fingerprint density at radius 3 is 3.31 bits per heavy atom. The van der Waals surface area contributed by atoms with Crippen molar-refractivity contribution in [3.05, 3.63) is 41.2 Å². The Morgan fingerprint density at radius 2 is 2.38 bits per heavy atom. The van der Waals surface area contributed by atoms with Crippen LogP contribution in [-0.4, -0.2) is 19.0 Å². The number of aromatic amines is 1. The standard InChI is InChI=1S/C8H6N4O/c13-8-6-1-2-10-12(6)5-7-9-3-4-11(7)8/h1-5,9H. The molecule has 0 unspecified atom stereocenters. The Bertz CT molecular complexity index is 578. The molecule has 5 heteroatoms. The predicted molar refractivity (Wildman–Crippen MR) is 46.8 cm³/mol. The Hall–Kier alpha value is -2.04. The number of fused-ring (bicyclic) bond motifs is 2. The first-order valence-electron chi connectivity index (χ1n) is 3.88. The summed E-state index contributed by atoms with van der Waals surface area (Å²) in [5, 5.41) is 3.99. The van der Waals surface area contributed by atoms with Gasteiger partial charge in [0.15, 0.2) is 0 Å². The van der Waals surface area contributed by atoms with E-state index in [9.17, 15) is 4.79 Å². The van der Waals surface area contributed by atoms with Gasteiger partial charge in [0.2, 0.25) is 0 Å². The fourth-order valence-corrected chi connectivity index (χ4v) is 1.45. The maximum absolute atomic E-state index is 11.7. The molecule has 3 aromatic rings. The van der Waals surface area contributed by atoms with Crippen molar-refractivity contribution in [2.24, 2.45) is 0 Å². The molecule has 0 bridgehead atoms. The summed E-state index contributed by atoms with van der Waals surface area (Å²) in [5.41, 5.74) is 1.26. The maximum Gasteiger partial charge on any atom is 0.282 e. The number of aromatic nitrogens is 4. The van der Waals surface area contributed by atoms with Crippen LogP contribution in [0.5, 0.6) is 0 Å². The van der Waals surface area contributed by atoms with Crippen molar-refractivity contribution in [2.45, 2.75) is 0 Å². The van der Waals surface area contributed by atoms with E-state index < -0.39 is 0 Å². The van der Waals surface area contributed by atoms with Crippen LogP contribution >= 0.6 is 0 Å². The molecule has 0 aliphatic carbocycles. The number of H-pyrrole nitrogens is 1. The van der Waals surface area contributed by atoms with Gasteiger partial charge in [0, 0.05) is 12.4 Å².